The van der Waals surface area contributed by atoms with Crippen LogP contribution in [0.4, 0.5) is 26.2 Å². The number of hydrogen-bond acceptors (Lipinski definition) is 7. The van der Waals surface area contributed by atoms with Crippen molar-refractivity contribution >= 4 is 23.2 Å². The number of rotatable bonds is 8. The van der Waals surface area contributed by atoms with Gasteiger partial charge < -0.3 is 30.2 Å². The van der Waals surface area contributed by atoms with Crippen LogP contribution in [0.15, 0.2) is 60.7 Å². The highest BCUT2D eigenvalue weighted by atomic mass is 19.1. The first kappa shape index (κ1) is 28.2. The lowest BCUT2D eigenvalue weighted by Crippen LogP contribution is -2.50. The Kier molecular flexibility index (Phi) is 8.93. The first-order valence-electron chi connectivity index (χ1n) is 13.0. The average molecular weight is 537 g/mol. The van der Waals surface area contributed by atoms with E-state index < -0.39 is 11.4 Å². The van der Waals surface area contributed by atoms with E-state index in [1.165, 1.54) is 13.2 Å². The lowest BCUT2D eigenvalue weighted by Gasteiger charge is -2.35. The first-order chi connectivity index (χ1) is 18.6. The fraction of sp³-hybridized carbons (Fsp3) is 0.367. The number of nitrogens with two attached hydrogens (primary N) is 1. The van der Waals surface area contributed by atoms with E-state index in [2.05, 4.69) is 10.2 Å². The Morgan fingerprint density at radius 3 is 2.26 bits per heavy atom. The van der Waals surface area contributed by atoms with Crippen molar-refractivity contribution in [2.45, 2.75) is 33.0 Å². The summed E-state index contributed by atoms with van der Waals surface area (Å²) in [5, 5.41) is 3.33. The molecule has 1 saturated heterocycles. The van der Waals surface area contributed by atoms with Gasteiger partial charge in [0.2, 0.25) is 0 Å². The number of amides is 1. The molecule has 8 nitrogen and oxygen atoms in total. The normalized spacial score (nSPS) is 14.2. The number of anilines is 3. The Bertz CT molecular complexity index is 1270. The molecule has 0 bridgehead atoms. The van der Waals surface area contributed by atoms with Crippen LogP contribution in [0.2, 0.25) is 0 Å². The van der Waals surface area contributed by atoms with Crippen LogP contribution in [0, 0.1) is 5.82 Å². The number of carbonyl (C=O) groups excluding carboxylic acids is 1. The zero-order chi connectivity index (χ0) is 28.0. The number of methoxy groups -OCH3 is 1. The third-order valence-corrected chi connectivity index (χ3v) is 6.34. The molecular weight excluding hydrogens is 499 g/mol. The molecule has 3 aromatic rings. The van der Waals surface area contributed by atoms with Crippen molar-refractivity contribution in [1.29, 1.82) is 0 Å². The molecule has 4 rings (SSSR count). The van der Waals surface area contributed by atoms with Crippen LogP contribution in [-0.4, -0.2) is 61.5 Å². The quantitative estimate of drug-likeness (QED) is 0.349. The van der Waals surface area contributed by atoms with Crippen LogP contribution in [0.3, 0.4) is 0 Å². The van der Waals surface area contributed by atoms with Crippen LogP contribution >= 0.6 is 0 Å². The zero-order valence-corrected chi connectivity index (χ0v) is 23.0. The maximum absolute atomic E-state index is 14.1. The van der Waals surface area contributed by atoms with E-state index >= 15 is 0 Å². The molecule has 0 atom stereocenters. The molecule has 3 aromatic carbocycles. The number of ether oxygens (including phenoxy) is 3. The smallest absolute Gasteiger partial charge is 0.410 e. The molecule has 9 heteroatoms. The van der Waals surface area contributed by atoms with E-state index in [9.17, 15) is 9.18 Å². The molecule has 1 amide bonds. The van der Waals surface area contributed by atoms with Crippen LogP contribution in [0.1, 0.15) is 26.3 Å². The van der Waals surface area contributed by atoms with Crippen molar-refractivity contribution in [3.05, 3.63) is 72.0 Å². The molecule has 0 aliphatic carbocycles. The van der Waals surface area contributed by atoms with Crippen LogP contribution in [0.5, 0.6) is 5.75 Å². The minimum Gasteiger partial charge on any atom is -0.494 e. The lowest BCUT2D eigenvalue weighted by atomic mass is 10.0. The summed E-state index contributed by atoms with van der Waals surface area (Å²) in [6.07, 6.45) is -0.262. The van der Waals surface area contributed by atoms with Gasteiger partial charge in [0.1, 0.15) is 5.60 Å². The summed E-state index contributed by atoms with van der Waals surface area (Å²) < 4.78 is 30.4. The number of carbonyl (C=O) groups is 1. The van der Waals surface area contributed by atoms with Gasteiger partial charge >= 0.3 is 6.09 Å². The summed E-state index contributed by atoms with van der Waals surface area (Å²) in [5.41, 5.74) is 10.6. The van der Waals surface area contributed by atoms with Gasteiger partial charge in [0.25, 0.3) is 0 Å². The molecule has 0 spiro atoms. The van der Waals surface area contributed by atoms with Crippen LogP contribution < -0.4 is 15.8 Å². The Morgan fingerprint density at radius 1 is 0.974 bits per heavy atom. The molecule has 0 saturated carbocycles. The number of piperazine rings is 1. The Balaban J connectivity index is 1.23. The highest BCUT2D eigenvalue weighted by Crippen LogP contribution is 2.31. The summed E-state index contributed by atoms with van der Waals surface area (Å²) in [7, 11) is 1.44. The fourth-order valence-corrected chi connectivity index (χ4v) is 4.22. The summed E-state index contributed by atoms with van der Waals surface area (Å²) in [6, 6.07) is 18.4. The van der Waals surface area contributed by atoms with Crippen molar-refractivity contribution in [3.63, 3.8) is 0 Å². The SMILES string of the molecule is COc1ccc(-c2ccc(Nc3ccc(COCN4CCN(C(=O)OC(C)(C)C)CC4)cc3)c(N)c2)cc1F. The average Bonchev–Trinajstić information content (AvgIpc) is 2.90. The Morgan fingerprint density at radius 2 is 1.64 bits per heavy atom. The van der Waals surface area contributed by atoms with E-state index in [0.717, 1.165) is 41.2 Å². The molecule has 0 unspecified atom stereocenters. The van der Waals surface area contributed by atoms with Crippen molar-refractivity contribution in [3.8, 4) is 16.9 Å². The van der Waals surface area contributed by atoms with E-state index in [0.29, 0.717) is 32.1 Å². The molecule has 1 aliphatic heterocycles. The van der Waals surface area contributed by atoms with Gasteiger partial charge in [0, 0.05) is 31.9 Å². The van der Waals surface area contributed by atoms with Crippen molar-refractivity contribution in [2.75, 3.05) is 51.1 Å². The number of hydrogen-bond donors (Lipinski definition) is 2. The number of halogens is 1. The predicted molar refractivity (Wildman–Crippen MR) is 152 cm³/mol. The summed E-state index contributed by atoms with van der Waals surface area (Å²) in [4.78, 5) is 16.1. The van der Waals surface area contributed by atoms with Gasteiger partial charge in [-0.15, -0.1) is 0 Å². The number of nitrogens with one attached hydrogen (secondary N) is 1. The van der Waals surface area contributed by atoms with Crippen molar-refractivity contribution < 1.29 is 23.4 Å². The van der Waals surface area contributed by atoms with Crippen molar-refractivity contribution in [2.24, 2.45) is 0 Å². The second-order valence-corrected chi connectivity index (χ2v) is 10.5. The zero-order valence-electron chi connectivity index (χ0n) is 23.0. The minimum absolute atomic E-state index is 0.206. The van der Waals surface area contributed by atoms with Gasteiger partial charge in [-0.3, -0.25) is 4.90 Å². The van der Waals surface area contributed by atoms with Crippen molar-refractivity contribution in [1.82, 2.24) is 9.80 Å². The van der Waals surface area contributed by atoms with Gasteiger partial charge in [-0.1, -0.05) is 24.3 Å². The van der Waals surface area contributed by atoms with Gasteiger partial charge in [-0.25, -0.2) is 9.18 Å². The highest BCUT2D eigenvalue weighted by Gasteiger charge is 2.25. The maximum atomic E-state index is 14.1. The molecule has 208 valence electrons. The molecule has 0 radical (unpaired) electrons. The molecule has 1 aliphatic rings. The predicted octanol–water partition coefficient (Wildman–Crippen LogP) is 5.85. The van der Waals surface area contributed by atoms with E-state index in [-0.39, 0.29) is 11.8 Å². The second-order valence-electron chi connectivity index (χ2n) is 10.5. The van der Waals surface area contributed by atoms with Gasteiger partial charge in [0.15, 0.2) is 11.6 Å². The van der Waals surface area contributed by atoms with E-state index in [1.54, 1.807) is 17.0 Å². The Hall–Kier alpha value is -3.82. The first-order valence-corrected chi connectivity index (χ1v) is 13.0. The molecule has 1 heterocycles. The molecule has 0 aromatic heterocycles. The van der Waals surface area contributed by atoms with E-state index in [1.807, 2.05) is 63.2 Å². The molecule has 3 N–H and O–H groups in total. The summed E-state index contributed by atoms with van der Waals surface area (Å²) in [5.74, 6) is -0.211. The highest BCUT2D eigenvalue weighted by molar-refractivity contribution is 5.79. The third kappa shape index (κ3) is 7.84. The largest absolute Gasteiger partial charge is 0.494 e. The minimum atomic E-state index is -0.487. The van der Waals surface area contributed by atoms with Crippen LogP contribution in [0.25, 0.3) is 11.1 Å². The topological polar surface area (TPSA) is 89.3 Å². The monoisotopic (exact) mass is 536 g/mol. The second kappa shape index (κ2) is 12.4. The van der Waals surface area contributed by atoms with Crippen LogP contribution in [-0.2, 0) is 16.1 Å². The molecule has 1 fully saturated rings. The van der Waals surface area contributed by atoms with Gasteiger partial charge in [-0.2, -0.15) is 0 Å². The number of benzene rings is 3. The number of nitrogens with zero attached hydrogens (tertiary/aromatic N) is 2. The fourth-order valence-electron chi connectivity index (χ4n) is 4.22. The Labute approximate surface area is 229 Å². The molecular formula is C30H37FN4O4. The third-order valence-electron chi connectivity index (χ3n) is 6.34. The maximum Gasteiger partial charge on any atom is 0.410 e. The summed E-state index contributed by atoms with van der Waals surface area (Å²) >= 11 is 0. The van der Waals surface area contributed by atoms with E-state index in [4.69, 9.17) is 19.9 Å². The van der Waals surface area contributed by atoms with Gasteiger partial charge in [0.05, 0.1) is 31.8 Å². The summed E-state index contributed by atoms with van der Waals surface area (Å²) in [6.45, 7) is 9.35. The molecule has 39 heavy (non-hydrogen) atoms. The number of nitrogen functional groups attached to an aromatic ring is 1. The van der Waals surface area contributed by atoms with Gasteiger partial charge in [-0.05, 0) is 73.9 Å². The lowest BCUT2D eigenvalue weighted by molar-refractivity contribution is -0.0181. The standard InChI is InChI=1S/C30H37FN4O4/c1-30(2,3)39-29(36)35-15-13-34(14-16-35)20-38-19-21-5-9-24(10-6-21)33-27-11-7-23(18-26(27)32)22-8-12-28(37-4)25(31)17-22/h5-12,17-18,33H,13-16,19-20,32H2,1-4H3.